The third kappa shape index (κ3) is 4.27. The third-order valence-electron chi connectivity index (χ3n) is 5.05. The largest absolute Gasteiger partial charge is 0.497 e. The molecule has 2 aromatic rings. The zero-order valence-electron chi connectivity index (χ0n) is 16.5. The van der Waals surface area contributed by atoms with E-state index >= 15 is 0 Å². The lowest BCUT2D eigenvalue weighted by atomic mass is 10.0. The smallest absolute Gasteiger partial charge is 0.254 e. The lowest BCUT2D eigenvalue weighted by molar-refractivity contribution is -0.119. The Hall–Kier alpha value is -3.02. The van der Waals surface area contributed by atoms with Gasteiger partial charge in [-0.3, -0.25) is 9.59 Å². The fraction of sp³-hybridized carbons (Fsp3) is 0.364. The first kappa shape index (κ1) is 19.7. The van der Waals surface area contributed by atoms with Crippen LogP contribution in [0.4, 0.5) is 0 Å². The molecule has 0 aromatic heterocycles. The minimum Gasteiger partial charge on any atom is -0.497 e. The summed E-state index contributed by atoms with van der Waals surface area (Å²) in [5.74, 6) is 1.43. The number of hydrogen-bond acceptors (Lipinski definition) is 4. The maximum absolute atomic E-state index is 13.1. The first-order valence-electron chi connectivity index (χ1n) is 9.39. The number of rotatable bonds is 6. The predicted molar refractivity (Wildman–Crippen MR) is 107 cm³/mol. The number of benzene rings is 2. The molecule has 1 aliphatic rings. The Bertz CT molecular complexity index is 848. The summed E-state index contributed by atoms with van der Waals surface area (Å²) >= 11 is 0. The summed E-state index contributed by atoms with van der Waals surface area (Å²) in [6.45, 7) is 2.65. The molecular formula is C22H26N2O4. The van der Waals surface area contributed by atoms with Gasteiger partial charge in [-0.2, -0.15) is 0 Å². The summed E-state index contributed by atoms with van der Waals surface area (Å²) in [7, 11) is 3.27. The molecule has 6 heteroatoms. The van der Waals surface area contributed by atoms with Crippen LogP contribution in [-0.2, 0) is 11.3 Å². The zero-order valence-corrected chi connectivity index (χ0v) is 16.5. The summed E-state index contributed by atoms with van der Waals surface area (Å²) in [6.07, 6.45) is 1.83. The van der Waals surface area contributed by atoms with Crippen molar-refractivity contribution in [1.29, 1.82) is 0 Å². The number of likely N-dealkylation sites (tertiary alicyclic amines) is 1. The minimum atomic E-state index is -0.0766. The summed E-state index contributed by atoms with van der Waals surface area (Å²) < 4.78 is 10.9. The van der Waals surface area contributed by atoms with E-state index in [4.69, 9.17) is 9.47 Å². The Balaban J connectivity index is 1.81. The van der Waals surface area contributed by atoms with Crippen molar-refractivity contribution in [2.45, 2.75) is 32.4 Å². The van der Waals surface area contributed by atoms with Gasteiger partial charge < -0.3 is 19.7 Å². The van der Waals surface area contributed by atoms with Crippen LogP contribution in [0.2, 0.25) is 0 Å². The number of carbonyl (C=O) groups is 2. The van der Waals surface area contributed by atoms with Crippen LogP contribution in [0, 0.1) is 0 Å². The van der Waals surface area contributed by atoms with Gasteiger partial charge in [-0.15, -0.1) is 0 Å². The summed E-state index contributed by atoms with van der Waals surface area (Å²) in [4.78, 5) is 26.1. The van der Waals surface area contributed by atoms with E-state index in [0.717, 1.165) is 35.5 Å². The number of amides is 2. The maximum Gasteiger partial charge on any atom is 0.254 e. The molecule has 0 spiro atoms. The number of methoxy groups -OCH3 is 2. The second-order valence-corrected chi connectivity index (χ2v) is 6.87. The highest BCUT2D eigenvalue weighted by molar-refractivity contribution is 5.94. The minimum absolute atomic E-state index is 0.00144. The number of nitrogens with one attached hydrogen (secondary N) is 1. The van der Waals surface area contributed by atoms with E-state index in [1.807, 2.05) is 47.4 Å². The van der Waals surface area contributed by atoms with Gasteiger partial charge in [-0.05, 0) is 48.7 Å². The molecule has 3 rings (SSSR count). The Morgan fingerprint density at radius 3 is 2.50 bits per heavy atom. The molecule has 28 heavy (non-hydrogen) atoms. The number of nitrogens with zero attached hydrogens (tertiary/aromatic N) is 1. The van der Waals surface area contributed by atoms with Crippen LogP contribution >= 0.6 is 0 Å². The van der Waals surface area contributed by atoms with Gasteiger partial charge in [0, 0.05) is 31.1 Å². The monoisotopic (exact) mass is 382 g/mol. The van der Waals surface area contributed by atoms with Crippen molar-refractivity contribution < 1.29 is 19.1 Å². The molecule has 2 aromatic carbocycles. The fourth-order valence-electron chi connectivity index (χ4n) is 3.59. The van der Waals surface area contributed by atoms with Crippen LogP contribution in [0.25, 0.3) is 0 Å². The molecule has 0 saturated carbocycles. The Kier molecular flexibility index (Phi) is 6.19. The highest BCUT2D eigenvalue weighted by Crippen LogP contribution is 2.39. The van der Waals surface area contributed by atoms with Gasteiger partial charge in [0.05, 0.1) is 20.3 Å². The standard InChI is InChI=1S/C22H26N2O4/c1-15(25)23-14-16-6-8-17(9-7-16)22(26)24-12-4-5-20(24)19-13-18(27-2)10-11-21(19)28-3/h6-11,13,20H,4-5,12,14H2,1-3H3,(H,23,25). The summed E-state index contributed by atoms with van der Waals surface area (Å²) in [6, 6.07) is 13.0. The molecule has 1 N–H and O–H groups in total. The van der Waals surface area contributed by atoms with Gasteiger partial charge in [0.2, 0.25) is 5.91 Å². The van der Waals surface area contributed by atoms with Crippen LogP contribution in [-0.4, -0.2) is 37.5 Å². The van der Waals surface area contributed by atoms with E-state index in [1.54, 1.807) is 14.2 Å². The highest BCUT2D eigenvalue weighted by atomic mass is 16.5. The summed E-state index contributed by atoms with van der Waals surface area (Å²) in [5.41, 5.74) is 2.56. The first-order valence-corrected chi connectivity index (χ1v) is 9.39. The molecule has 1 saturated heterocycles. The van der Waals surface area contributed by atoms with Crippen molar-refractivity contribution in [3.8, 4) is 11.5 Å². The maximum atomic E-state index is 13.1. The molecule has 1 atom stereocenters. The Labute approximate surface area is 165 Å². The van der Waals surface area contributed by atoms with Gasteiger partial charge in [0.25, 0.3) is 5.91 Å². The summed E-state index contributed by atoms with van der Waals surface area (Å²) in [5, 5.41) is 2.76. The van der Waals surface area contributed by atoms with Crippen LogP contribution in [0.3, 0.4) is 0 Å². The Morgan fingerprint density at radius 1 is 1.11 bits per heavy atom. The second-order valence-electron chi connectivity index (χ2n) is 6.87. The second kappa shape index (κ2) is 8.78. The van der Waals surface area contributed by atoms with E-state index < -0.39 is 0 Å². The van der Waals surface area contributed by atoms with Gasteiger partial charge >= 0.3 is 0 Å². The van der Waals surface area contributed by atoms with Gasteiger partial charge in [0.15, 0.2) is 0 Å². The van der Waals surface area contributed by atoms with Crippen molar-refractivity contribution in [2.75, 3.05) is 20.8 Å². The van der Waals surface area contributed by atoms with Crippen molar-refractivity contribution in [2.24, 2.45) is 0 Å². The predicted octanol–water partition coefficient (Wildman–Crippen LogP) is 3.32. The molecule has 1 aliphatic heterocycles. The normalized spacial score (nSPS) is 16.0. The SMILES string of the molecule is COc1ccc(OC)c(C2CCCN2C(=O)c2ccc(CNC(C)=O)cc2)c1. The molecule has 6 nitrogen and oxygen atoms in total. The number of hydrogen-bond donors (Lipinski definition) is 1. The highest BCUT2D eigenvalue weighted by Gasteiger charge is 2.32. The van der Waals surface area contributed by atoms with Crippen LogP contribution < -0.4 is 14.8 Å². The van der Waals surface area contributed by atoms with Crippen LogP contribution in [0.5, 0.6) is 11.5 Å². The van der Waals surface area contributed by atoms with E-state index in [-0.39, 0.29) is 17.9 Å². The van der Waals surface area contributed by atoms with Gasteiger partial charge in [-0.1, -0.05) is 12.1 Å². The topological polar surface area (TPSA) is 67.9 Å². The van der Waals surface area contributed by atoms with Crippen molar-refractivity contribution >= 4 is 11.8 Å². The number of carbonyl (C=O) groups excluding carboxylic acids is 2. The zero-order chi connectivity index (χ0) is 20.1. The van der Waals surface area contributed by atoms with Crippen molar-refractivity contribution in [3.05, 3.63) is 59.2 Å². The van der Waals surface area contributed by atoms with Crippen LogP contribution in [0.1, 0.15) is 47.3 Å². The molecule has 1 fully saturated rings. The average Bonchev–Trinajstić information content (AvgIpc) is 3.21. The van der Waals surface area contributed by atoms with E-state index in [0.29, 0.717) is 18.7 Å². The average molecular weight is 382 g/mol. The van der Waals surface area contributed by atoms with Crippen molar-refractivity contribution in [3.63, 3.8) is 0 Å². The molecule has 0 radical (unpaired) electrons. The third-order valence-corrected chi connectivity index (χ3v) is 5.05. The molecule has 148 valence electrons. The first-order chi connectivity index (χ1) is 13.5. The van der Waals surface area contributed by atoms with E-state index in [9.17, 15) is 9.59 Å². The van der Waals surface area contributed by atoms with Gasteiger partial charge in [-0.25, -0.2) is 0 Å². The molecule has 2 amide bonds. The molecule has 1 heterocycles. The Morgan fingerprint density at radius 2 is 1.86 bits per heavy atom. The number of ether oxygens (including phenoxy) is 2. The molecular weight excluding hydrogens is 356 g/mol. The molecule has 0 bridgehead atoms. The quantitative estimate of drug-likeness (QED) is 0.832. The fourth-order valence-corrected chi connectivity index (χ4v) is 3.59. The van der Waals surface area contributed by atoms with Crippen molar-refractivity contribution in [1.82, 2.24) is 10.2 Å². The lowest BCUT2D eigenvalue weighted by Crippen LogP contribution is -2.30. The molecule has 1 unspecified atom stereocenters. The van der Waals surface area contributed by atoms with E-state index in [1.165, 1.54) is 6.92 Å². The van der Waals surface area contributed by atoms with Gasteiger partial charge in [0.1, 0.15) is 11.5 Å². The lowest BCUT2D eigenvalue weighted by Gasteiger charge is -2.27. The molecule has 0 aliphatic carbocycles. The van der Waals surface area contributed by atoms with E-state index in [2.05, 4.69) is 5.32 Å². The van der Waals surface area contributed by atoms with Crippen LogP contribution in [0.15, 0.2) is 42.5 Å².